The summed E-state index contributed by atoms with van der Waals surface area (Å²) in [5.41, 5.74) is 20.8. The third-order valence-corrected chi connectivity index (χ3v) is 13.7. The highest BCUT2D eigenvalue weighted by Gasteiger charge is 2.42. The molecule has 0 N–H and O–H groups in total. The first-order valence-corrected chi connectivity index (χ1v) is 22.5. The molecule has 0 saturated carbocycles. The summed E-state index contributed by atoms with van der Waals surface area (Å²) < 4.78 is 0. The van der Waals surface area contributed by atoms with Crippen molar-refractivity contribution in [3.63, 3.8) is 0 Å². The van der Waals surface area contributed by atoms with Gasteiger partial charge in [-0.1, -0.05) is 200 Å². The molecule has 0 spiro atoms. The van der Waals surface area contributed by atoms with Crippen LogP contribution in [-0.4, -0.2) is 6.71 Å². The molecule has 11 aromatic rings. The number of rotatable bonds is 6. The molecule has 0 unspecified atom stereocenters. The zero-order chi connectivity index (χ0) is 42.8. The Morgan fingerprint density at radius 1 is 0.246 bits per heavy atom. The average Bonchev–Trinajstić information content (AvgIpc) is 3.38. The van der Waals surface area contributed by atoms with Crippen LogP contribution in [0.15, 0.2) is 249 Å². The van der Waals surface area contributed by atoms with Crippen molar-refractivity contribution in [1.82, 2.24) is 0 Å². The summed E-state index contributed by atoms with van der Waals surface area (Å²) in [7, 11) is 0. The minimum absolute atomic E-state index is 0.0661. The van der Waals surface area contributed by atoms with E-state index in [0.29, 0.717) is 0 Å². The Kier molecular flexibility index (Phi) is 8.67. The number of fused-ring (bicyclic) bond motifs is 6. The summed E-state index contributed by atoms with van der Waals surface area (Å²) in [5.74, 6) is 0. The summed E-state index contributed by atoms with van der Waals surface area (Å²) in [5, 5.41) is 5.00. The van der Waals surface area contributed by atoms with E-state index in [2.05, 4.69) is 259 Å². The molecule has 13 rings (SSSR count). The van der Waals surface area contributed by atoms with Crippen LogP contribution in [0.2, 0.25) is 0 Å². The van der Waals surface area contributed by atoms with E-state index >= 15 is 0 Å². The molecule has 2 nitrogen and oxygen atoms in total. The van der Waals surface area contributed by atoms with Gasteiger partial charge in [-0.15, -0.1) is 0 Å². The van der Waals surface area contributed by atoms with Crippen molar-refractivity contribution < 1.29 is 0 Å². The maximum Gasteiger partial charge on any atom is 0.252 e. The molecule has 0 bridgehead atoms. The largest absolute Gasteiger partial charge is 0.311 e. The van der Waals surface area contributed by atoms with Crippen LogP contribution in [0.4, 0.5) is 34.1 Å². The Morgan fingerprint density at radius 2 is 0.569 bits per heavy atom. The zero-order valence-corrected chi connectivity index (χ0v) is 35.6. The molecule has 0 aromatic heterocycles. The van der Waals surface area contributed by atoms with E-state index < -0.39 is 0 Å². The maximum absolute atomic E-state index is 2.50. The normalized spacial score (nSPS) is 12.5. The van der Waals surface area contributed by atoms with Gasteiger partial charge in [0.05, 0.1) is 0 Å². The number of hydrogen-bond donors (Lipinski definition) is 0. The molecule has 0 amide bonds. The van der Waals surface area contributed by atoms with Crippen LogP contribution in [0.25, 0.3) is 66.1 Å². The smallest absolute Gasteiger partial charge is 0.252 e. The fraction of sp³-hybridized carbons (Fsp3) is 0. The topological polar surface area (TPSA) is 6.48 Å². The van der Waals surface area contributed by atoms with Gasteiger partial charge in [0.15, 0.2) is 0 Å². The third-order valence-electron chi connectivity index (χ3n) is 13.7. The van der Waals surface area contributed by atoms with Gasteiger partial charge in [-0.25, -0.2) is 0 Å². The van der Waals surface area contributed by atoms with Crippen molar-refractivity contribution in [2.45, 2.75) is 0 Å². The van der Waals surface area contributed by atoms with Gasteiger partial charge >= 0.3 is 0 Å². The number of nitrogens with zero attached hydrogens (tertiary/aromatic N) is 2. The van der Waals surface area contributed by atoms with Crippen LogP contribution < -0.4 is 26.2 Å². The fourth-order valence-electron chi connectivity index (χ4n) is 10.9. The Labute approximate surface area is 380 Å². The molecule has 0 saturated heterocycles. The van der Waals surface area contributed by atoms with Crippen molar-refractivity contribution in [3.8, 4) is 44.5 Å². The molecule has 65 heavy (non-hydrogen) atoms. The molecule has 2 heterocycles. The highest BCUT2D eigenvalue weighted by molar-refractivity contribution is 7.00. The summed E-state index contributed by atoms with van der Waals surface area (Å²) >= 11 is 0. The minimum atomic E-state index is 0.0661. The summed E-state index contributed by atoms with van der Waals surface area (Å²) in [6, 6.07) is 91.5. The maximum atomic E-state index is 2.50. The Morgan fingerprint density at radius 3 is 1.00 bits per heavy atom. The van der Waals surface area contributed by atoms with Gasteiger partial charge in [0.2, 0.25) is 0 Å². The lowest BCUT2D eigenvalue weighted by Gasteiger charge is -2.44. The summed E-state index contributed by atoms with van der Waals surface area (Å²) in [6.07, 6.45) is 0. The molecule has 302 valence electrons. The molecule has 2 aliphatic rings. The molecule has 0 atom stereocenters. The second-order valence-electron chi connectivity index (χ2n) is 17.2. The Balaban J connectivity index is 0.963. The second-order valence-corrected chi connectivity index (χ2v) is 17.2. The molecule has 0 fully saturated rings. The van der Waals surface area contributed by atoms with Gasteiger partial charge in [0.1, 0.15) is 0 Å². The predicted octanol–water partition coefficient (Wildman–Crippen LogP) is 14.7. The third kappa shape index (κ3) is 5.97. The molecular formula is C62H41BN2. The van der Waals surface area contributed by atoms with Crippen LogP contribution in [0.5, 0.6) is 0 Å². The quantitative estimate of drug-likeness (QED) is 0.154. The lowest BCUT2D eigenvalue weighted by Crippen LogP contribution is -2.61. The highest BCUT2D eigenvalue weighted by Crippen LogP contribution is 2.46. The van der Waals surface area contributed by atoms with Gasteiger partial charge in [-0.05, 0) is 131 Å². The van der Waals surface area contributed by atoms with Crippen LogP contribution >= 0.6 is 0 Å². The predicted molar refractivity (Wildman–Crippen MR) is 277 cm³/mol. The second kappa shape index (κ2) is 15.2. The van der Waals surface area contributed by atoms with Crippen molar-refractivity contribution in [3.05, 3.63) is 249 Å². The van der Waals surface area contributed by atoms with Crippen molar-refractivity contribution in [2.24, 2.45) is 0 Å². The molecule has 2 aliphatic heterocycles. The van der Waals surface area contributed by atoms with E-state index in [1.54, 1.807) is 0 Å². The van der Waals surface area contributed by atoms with E-state index in [1.807, 2.05) is 0 Å². The van der Waals surface area contributed by atoms with Crippen molar-refractivity contribution in [1.29, 1.82) is 0 Å². The molecule has 11 aromatic carbocycles. The van der Waals surface area contributed by atoms with E-state index in [-0.39, 0.29) is 6.71 Å². The number of benzene rings is 11. The van der Waals surface area contributed by atoms with Gasteiger partial charge in [-0.3, -0.25) is 0 Å². The first-order valence-electron chi connectivity index (χ1n) is 22.5. The monoisotopic (exact) mass is 824 g/mol. The molecule has 3 heteroatoms. The fourth-order valence-corrected chi connectivity index (χ4v) is 10.9. The Bertz CT molecular complexity index is 3400. The Hall–Kier alpha value is -8.40. The van der Waals surface area contributed by atoms with Crippen molar-refractivity contribution >= 4 is 78.8 Å². The molecule has 0 aliphatic carbocycles. The molecular weight excluding hydrogens is 784 g/mol. The minimum Gasteiger partial charge on any atom is -0.311 e. The van der Waals surface area contributed by atoms with Gasteiger partial charge in [-0.2, -0.15) is 0 Å². The van der Waals surface area contributed by atoms with E-state index in [1.165, 1.54) is 105 Å². The van der Waals surface area contributed by atoms with Crippen LogP contribution in [0, 0.1) is 0 Å². The first kappa shape index (κ1) is 37.2. The van der Waals surface area contributed by atoms with Gasteiger partial charge in [0.25, 0.3) is 6.71 Å². The summed E-state index contributed by atoms with van der Waals surface area (Å²) in [6.45, 7) is 0.0661. The summed E-state index contributed by atoms with van der Waals surface area (Å²) in [4.78, 5) is 5.00. The molecule has 0 radical (unpaired) electrons. The van der Waals surface area contributed by atoms with Crippen LogP contribution in [0.1, 0.15) is 0 Å². The number of anilines is 6. The van der Waals surface area contributed by atoms with E-state index in [0.717, 1.165) is 11.4 Å². The first-order chi connectivity index (χ1) is 32.3. The average molecular weight is 825 g/mol. The van der Waals surface area contributed by atoms with E-state index in [4.69, 9.17) is 0 Å². The van der Waals surface area contributed by atoms with Gasteiger partial charge < -0.3 is 9.80 Å². The number of hydrogen-bond acceptors (Lipinski definition) is 2. The number of para-hydroxylation sites is 2. The van der Waals surface area contributed by atoms with E-state index in [9.17, 15) is 0 Å². The highest BCUT2D eigenvalue weighted by atomic mass is 15.2. The van der Waals surface area contributed by atoms with Crippen molar-refractivity contribution in [2.75, 3.05) is 9.80 Å². The zero-order valence-electron chi connectivity index (χ0n) is 35.6. The van der Waals surface area contributed by atoms with Crippen LogP contribution in [-0.2, 0) is 0 Å². The SMILES string of the molecule is c1ccc(-c2ccc(-c3cccc(N4c5ccccc5B5c6ccccc6N(c6cccc(-c7ccc(-c8ccccc8)c8ccccc78)c6)c6cccc4c65)c3)c3ccccc23)cc1. The van der Waals surface area contributed by atoms with Gasteiger partial charge in [0, 0.05) is 34.1 Å². The standard InChI is InChI=1S/C62H41BN2/c1-3-18-42(19-4-1)48-36-38-50(54-28-9-7-26-52(48)54)44-22-15-24-46(40-44)64-58-32-13-11-30-56(58)63-57-31-12-14-33-59(57)65(61-35-17-34-60(64)62(61)63)47-25-16-23-45(41-47)51-39-37-49(43-20-5-2-6-21-43)53-27-8-10-29-55(51)53/h1-41H. The lowest BCUT2D eigenvalue weighted by atomic mass is 9.33. The lowest BCUT2D eigenvalue weighted by molar-refractivity contribution is 1.25. The van der Waals surface area contributed by atoms with Crippen LogP contribution in [0.3, 0.4) is 0 Å².